The Kier molecular flexibility index (Phi) is 4.47. The average molecular weight is 252 g/mol. The molecular weight excluding hydrogens is 236 g/mol. The van der Waals surface area contributed by atoms with Crippen LogP contribution in [0, 0.1) is 0 Å². The first-order valence-electron chi connectivity index (χ1n) is 5.30. The van der Waals surface area contributed by atoms with Gasteiger partial charge in [-0.3, -0.25) is 4.68 Å². The van der Waals surface area contributed by atoms with Gasteiger partial charge in [0.25, 0.3) is 0 Å². The highest BCUT2D eigenvalue weighted by atomic mass is 16.4. The summed E-state index contributed by atoms with van der Waals surface area (Å²) in [6.07, 6.45) is 2.94. The zero-order valence-corrected chi connectivity index (χ0v) is 10.3. The van der Waals surface area contributed by atoms with Gasteiger partial charge in [-0.2, -0.15) is 5.10 Å². The smallest absolute Gasteiger partial charge is 0.331 e. The Morgan fingerprint density at radius 3 is 2.72 bits per heavy atom. The molecule has 1 unspecified atom stereocenters. The molecule has 0 aliphatic carbocycles. The molecule has 0 spiro atoms. The van der Waals surface area contributed by atoms with Crippen molar-refractivity contribution in [3.05, 3.63) is 30.1 Å². The van der Waals surface area contributed by atoms with E-state index in [0.717, 1.165) is 5.57 Å². The molecule has 7 heteroatoms. The number of carboxylic acids is 1. The van der Waals surface area contributed by atoms with E-state index >= 15 is 0 Å². The molecule has 0 aromatic carbocycles. The molecule has 3 N–H and O–H groups in total. The number of carbonyl (C=O) groups is 2. The second-order valence-corrected chi connectivity index (χ2v) is 4.00. The minimum atomic E-state index is -1.14. The molecule has 0 radical (unpaired) electrons. The predicted octanol–water partition coefficient (Wildman–Crippen LogP) is 0.421. The molecular formula is C11H16N4O3. The number of urea groups is 1. The number of carboxylic acid groups (broad SMARTS) is 1. The average Bonchev–Trinajstić information content (AvgIpc) is 2.69. The number of amides is 2. The van der Waals surface area contributed by atoms with Gasteiger partial charge in [-0.25, -0.2) is 9.59 Å². The molecule has 98 valence electrons. The summed E-state index contributed by atoms with van der Waals surface area (Å²) in [5, 5.41) is 17.8. The van der Waals surface area contributed by atoms with Crippen molar-refractivity contribution in [1.82, 2.24) is 20.4 Å². The fourth-order valence-corrected chi connectivity index (χ4v) is 1.29. The SMILES string of the molecule is C=C(C)CNC(=O)NC(C(=O)O)c1cnn(C)c1. The molecule has 1 atom stereocenters. The van der Waals surface area contributed by atoms with E-state index in [-0.39, 0.29) is 0 Å². The molecule has 1 rings (SSSR count). The first kappa shape index (κ1) is 13.8. The number of carbonyl (C=O) groups excluding carboxylic acids is 1. The van der Waals surface area contributed by atoms with Gasteiger partial charge in [-0.05, 0) is 6.92 Å². The van der Waals surface area contributed by atoms with Gasteiger partial charge < -0.3 is 15.7 Å². The lowest BCUT2D eigenvalue weighted by atomic mass is 10.1. The molecule has 0 saturated heterocycles. The third-order valence-corrected chi connectivity index (χ3v) is 2.13. The van der Waals surface area contributed by atoms with Crippen LogP contribution in [-0.4, -0.2) is 33.4 Å². The molecule has 0 bridgehead atoms. The second-order valence-electron chi connectivity index (χ2n) is 4.00. The molecule has 0 aliphatic rings. The van der Waals surface area contributed by atoms with Crippen LogP contribution in [0.25, 0.3) is 0 Å². The second kappa shape index (κ2) is 5.85. The van der Waals surface area contributed by atoms with Gasteiger partial charge in [0.05, 0.1) is 6.20 Å². The maximum Gasteiger partial charge on any atom is 0.331 e. The Morgan fingerprint density at radius 1 is 1.61 bits per heavy atom. The standard InChI is InChI=1S/C11H16N4O3/c1-7(2)4-12-11(18)14-9(10(16)17)8-5-13-15(3)6-8/h5-6,9H,1,4H2,2-3H3,(H,16,17)(H2,12,14,18). The van der Waals surface area contributed by atoms with Gasteiger partial charge in [0.2, 0.25) is 0 Å². The van der Waals surface area contributed by atoms with E-state index in [0.29, 0.717) is 12.1 Å². The molecule has 1 heterocycles. The molecule has 0 saturated carbocycles. The van der Waals surface area contributed by atoms with Crippen LogP contribution < -0.4 is 10.6 Å². The fourth-order valence-electron chi connectivity index (χ4n) is 1.29. The van der Waals surface area contributed by atoms with Crippen molar-refractivity contribution in [2.24, 2.45) is 7.05 Å². The Balaban J connectivity index is 2.67. The highest BCUT2D eigenvalue weighted by Crippen LogP contribution is 2.11. The van der Waals surface area contributed by atoms with Gasteiger partial charge in [0, 0.05) is 25.4 Å². The molecule has 0 fully saturated rings. The summed E-state index contributed by atoms with van der Waals surface area (Å²) in [4.78, 5) is 22.6. The summed E-state index contributed by atoms with van der Waals surface area (Å²) < 4.78 is 1.47. The fraction of sp³-hybridized carbons (Fsp3) is 0.364. The Morgan fingerprint density at radius 2 is 2.28 bits per heavy atom. The first-order chi connectivity index (χ1) is 8.40. The minimum Gasteiger partial charge on any atom is -0.479 e. The maximum absolute atomic E-state index is 11.5. The maximum atomic E-state index is 11.5. The van der Waals surface area contributed by atoms with Crippen molar-refractivity contribution < 1.29 is 14.7 Å². The van der Waals surface area contributed by atoms with Crippen LogP contribution in [0.1, 0.15) is 18.5 Å². The van der Waals surface area contributed by atoms with Gasteiger partial charge in [-0.15, -0.1) is 0 Å². The Labute approximate surface area is 104 Å². The molecule has 1 aromatic heterocycles. The van der Waals surface area contributed by atoms with Gasteiger partial charge in [0.15, 0.2) is 6.04 Å². The van der Waals surface area contributed by atoms with E-state index in [9.17, 15) is 9.59 Å². The summed E-state index contributed by atoms with van der Waals surface area (Å²) in [6.45, 7) is 5.69. The van der Waals surface area contributed by atoms with Crippen LogP contribution in [-0.2, 0) is 11.8 Å². The summed E-state index contributed by atoms with van der Waals surface area (Å²) >= 11 is 0. The minimum absolute atomic E-state index is 0.297. The van der Waals surface area contributed by atoms with Crippen molar-refractivity contribution in [3.8, 4) is 0 Å². The van der Waals surface area contributed by atoms with E-state index in [2.05, 4.69) is 22.3 Å². The van der Waals surface area contributed by atoms with Gasteiger partial charge in [0.1, 0.15) is 0 Å². The Bertz CT molecular complexity index is 467. The van der Waals surface area contributed by atoms with Crippen LogP contribution in [0.2, 0.25) is 0 Å². The topological polar surface area (TPSA) is 96.2 Å². The van der Waals surface area contributed by atoms with E-state index in [4.69, 9.17) is 5.11 Å². The number of aromatic nitrogens is 2. The van der Waals surface area contributed by atoms with Crippen LogP contribution in [0.15, 0.2) is 24.5 Å². The van der Waals surface area contributed by atoms with E-state index in [1.54, 1.807) is 14.0 Å². The normalized spacial score (nSPS) is 11.7. The van der Waals surface area contributed by atoms with Gasteiger partial charge in [-0.1, -0.05) is 12.2 Å². The molecule has 0 aliphatic heterocycles. The van der Waals surface area contributed by atoms with E-state index in [1.807, 2.05) is 0 Å². The number of aliphatic carboxylic acids is 1. The Hall–Kier alpha value is -2.31. The zero-order chi connectivity index (χ0) is 13.7. The van der Waals surface area contributed by atoms with Crippen molar-refractivity contribution in [3.63, 3.8) is 0 Å². The molecule has 2 amide bonds. The van der Waals surface area contributed by atoms with Crippen molar-refractivity contribution in [2.75, 3.05) is 6.54 Å². The number of aryl methyl sites for hydroxylation is 1. The number of nitrogens with one attached hydrogen (secondary N) is 2. The summed E-state index contributed by atoms with van der Waals surface area (Å²) in [6, 6.07) is -1.68. The number of hydrogen-bond donors (Lipinski definition) is 3. The van der Waals surface area contributed by atoms with Crippen LogP contribution >= 0.6 is 0 Å². The summed E-state index contributed by atoms with van der Waals surface area (Å²) in [5.41, 5.74) is 1.19. The largest absolute Gasteiger partial charge is 0.479 e. The van der Waals surface area contributed by atoms with Crippen molar-refractivity contribution in [2.45, 2.75) is 13.0 Å². The molecule has 18 heavy (non-hydrogen) atoms. The van der Waals surface area contributed by atoms with Gasteiger partial charge >= 0.3 is 12.0 Å². The number of nitrogens with zero attached hydrogens (tertiary/aromatic N) is 2. The third kappa shape index (κ3) is 3.93. The van der Waals surface area contributed by atoms with Crippen LogP contribution in [0.3, 0.4) is 0 Å². The lowest BCUT2D eigenvalue weighted by Crippen LogP contribution is -2.41. The van der Waals surface area contributed by atoms with Crippen LogP contribution in [0.5, 0.6) is 0 Å². The monoisotopic (exact) mass is 252 g/mol. The summed E-state index contributed by atoms with van der Waals surface area (Å²) in [5.74, 6) is -1.14. The quantitative estimate of drug-likeness (QED) is 0.662. The van der Waals surface area contributed by atoms with E-state index in [1.165, 1.54) is 17.1 Å². The number of hydrogen-bond acceptors (Lipinski definition) is 3. The van der Waals surface area contributed by atoms with Crippen molar-refractivity contribution in [1.29, 1.82) is 0 Å². The molecule has 7 nitrogen and oxygen atoms in total. The van der Waals surface area contributed by atoms with Crippen LogP contribution in [0.4, 0.5) is 4.79 Å². The lowest BCUT2D eigenvalue weighted by molar-refractivity contribution is -0.139. The lowest BCUT2D eigenvalue weighted by Gasteiger charge is -2.13. The number of rotatable bonds is 5. The molecule has 1 aromatic rings. The van der Waals surface area contributed by atoms with E-state index < -0.39 is 18.0 Å². The highest BCUT2D eigenvalue weighted by Gasteiger charge is 2.23. The zero-order valence-electron chi connectivity index (χ0n) is 10.3. The predicted molar refractivity (Wildman–Crippen MR) is 64.9 cm³/mol. The third-order valence-electron chi connectivity index (χ3n) is 2.13. The van der Waals surface area contributed by atoms with Crippen molar-refractivity contribution >= 4 is 12.0 Å². The first-order valence-corrected chi connectivity index (χ1v) is 5.30. The highest BCUT2D eigenvalue weighted by molar-refractivity contribution is 5.83. The summed E-state index contributed by atoms with van der Waals surface area (Å²) in [7, 11) is 1.67.